The van der Waals surface area contributed by atoms with Crippen LogP contribution in [0.4, 0.5) is 0 Å². The zero-order valence-corrected chi connectivity index (χ0v) is 17.0. The summed E-state index contributed by atoms with van der Waals surface area (Å²) < 4.78 is 5.27. The summed E-state index contributed by atoms with van der Waals surface area (Å²) in [4.78, 5) is 17.8. The van der Waals surface area contributed by atoms with E-state index in [1.54, 1.807) is 0 Å². The minimum Gasteiger partial charge on any atom is -0.455 e. The number of hydrogen-bond donors (Lipinski definition) is 0. The summed E-state index contributed by atoms with van der Waals surface area (Å²) in [6, 6.07) is 8.07. The van der Waals surface area contributed by atoms with Crippen molar-refractivity contribution >= 4 is 5.97 Å². The van der Waals surface area contributed by atoms with Crippen LogP contribution in [0.25, 0.3) is 0 Å². The molecule has 1 aromatic rings. The maximum absolute atomic E-state index is 11.3. The lowest BCUT2D eigenvalue weighted by Gasteiger charge is -2.52. The first-order valence-corrected chi connectivity index (χ1v) is 9.47. The van der Waals surface area contributed by atoms with Crippen molar-refractivity contribution in [3.63, 3.8) is 0 Å². The lowest BCUT2D eigenvalue weighted by atomic mass is 9.82. The first kappa shape index (κ1) is 20.7. The maximum Gasteiger partial charge on any atom is 0.330 e. The lowest BCUT2D eigenvalue weighted by molar-refractivity contribution is -0.304. The van der Waals surface area contributed by atoms with E-state index >= 15 is 0 Å². The molecule has 1 aliphatic rings. The number of ether oxygens (including phenoxy) is 1. The van der Waals surface area contributed by atoms with E-state index in [2.05, 4.69) is 46.3 Å². The number of rotatable bonds is 6. The molecule has 0 aliphatic carbocycles. The Kier molecular flexibility index (Phi) is 6.30. The topological polar surface area (TPSA) is 38.8 Å². The van der Waals surface area contributed by atoms with Crippen LogP contribution in [0, 0.1) is 0 Å². The van der Waals surface area contributed by atoms with E-state index in [0.29, 0.717) is 0 Å². The SMILES string of the molecule is C=CC(=O)OC(C)c1ccc(C(C)ON2C(C)(C)CCCC2(C)C)cc1. The van der Waals surface area contributed by atoms with Crippen molar-refractivity contribution in [2.75, 3.05) is 0 Å². The fraction of sp³-hybridized carbons (Fsp3) is 0.591. The van der Waals surface area contributed by atoms with Gasteiger partial charge in [-0.3, -0.25) is 4.84 Å². The second-order valence-electron chi connectivity index (χ2n) is 8.47. The normalized spacial score (nSPS) is 21.6. The summed E-state index contributed by atoms with van der Waals surface area (Å²) in [5.41, 5.74) is 2.09. The molecule has 0 amide bonds. The lowest BCUT2D eigenvalue weighted by Crippen LogP contribution is -2.58. The molecule has 0 aromatic heterocycles. The van der Waals surface area contributed by atoms with E-state index in [4.69, 9.17) is 9.57 Å². The van der Waals surface area contributed by atoms with Crippen molar-refractivity contribution < 1.29 is 14.4 Å². The summed E-state index contributed by atoms with van der Waals surface area (Å²) in [6.45, 7) is 16.4. The van der Waals surface area contributed by atoms with Gasteiger partial charge in [-0.15, -0.1) is 0 Å². The van der Waals surface area contributed by atoms with E-state index in [-0.39, 0.29) is 23.3 Å². The second kappa shape index (κ2) is 7.93. The second-order valence-corrected chi connectivity index (χ2v) is 8.47. The highest BCUT2D eigenvalue weighted by Crippen LogP contribution is 2.40. The Labute approximate surface area is 158 Å². The molecule has 0 N–H and O–H groups in total. The van der Waals surface area contributed by atoms with Crippen LogP contribution >= 0.6 is 0 Å². The Balaban J connectivity index is 2.08. The molecule has 2 unspecified atom stereocenters. The van der Waals surface area contributed by atoms with E-state index < -0.39 is 5.97 Å². The van der Waals surface area contributed by atoms with Crippen molar-refractivity contribution in [1.82, 2.24) is 5.06 Å². The van der Waals surface area contributed by atoms with E-state index in [9.17, 15) is 4.79 Å². The van der Waals surface area contributed by atoms with Crippen LogP contribution < -0.4 is 0 Å². The largest absolute Gasteiger partial charge is 0.455 e. The zero-order chi connectivity index (χ0) is 19.5. The number of hydroxylamine groups is 2. The Hall–Kier alpha value is -1.65. The van der Waals surface area contributed by atoms with Gasteiger partial charge in [0.1, 0.15) is 12.2 Å². The van der Waals surface area contributed by atoms with Gasteiger partial charge in [-0.05, 0) is 71.9 Å². The van der Waals surface area contributed by atoms with Crippen molar-refractivity contribution in [3.05, 3.63) is 48.0 Å². The summed E-state index contributed by atoms with van der Waals surface area (Å²) in [7, 11) is 0. The first-order valence-electron chi connectivity index (χ1n) is 9.47. The van der Waals surface area contributed by atoms with Crippen molar-refractivity contribution in [1.29, 1.82) is 0 Å². The highest BCUT2D eigenvalue weighted by atomic mass is 16.7. The molecule has 4 nitrogen and oxygen atoms in total. The van der Waals surface area contributed by atoms with Gasteiger partial charge in [-0.2, -0.15) is 5.06 Å². The van der Waals surface area contributed by atoms with Crippen LogP contribution in [0.5, 0.6) is 0 Å². The quantitative estimate of drug-likeness (QED) is 0.496. The predicted molar refractivity (Wildman–Crippen MR) is 104 cm³/mol. The molecule has 1 heterocycles. The van der Waals surface area contributed by atoms with Crippen molar-refractivity contribution in [2.45, 2.75) is 84.1 Å². The molecule has 1 aliphatic heterocycles. The zero-order valence-electron chi connectivity index (χ0n) is 17.0. The highest BCUT2D eigenvalue weighted by Gasteiger charge is 2.43. The number of piperidine rings is 1. The van der Waals surface area contributed by atoms with Crippen molar-refractivity contribution in [3.8, 4) is 0 Å². The summed E-state index contributed by atoms with van der Waals surface area (Å²) in [5.74, 6) is -0.409. The third-order valence-electron chi connectivity index (χ3n) is 5.28. The number of carbonyl (C=O) groups excluding carboxylic acids is 1. The van der Waals surface area contributed by atoms with Crippen LogP contribution in [0.3, 0.4) is 0 Å². The molecule has 0 radical (unpaired) electrons. The smallest absolute Gasteiger partial charge is 0.330 e. The van der Waals surface area contributed by atoms with E-state index in [0.717, 1.165) is 24.0 Å². The minimum atomic E-state index is -0.409. The average Bonchev–Trinajstić information content (AvgIpc) is 2.57. The standard InChI is InChI=1S/C22H33NO3/c1-8-20(24)25-16(2)18-10-12-19(13-11-18)17(3)26-23-21(4,5)14-9-15-22(23,6)7/h8,10-13,16-17H,1,9,14-15H2,2-7H3. The van der Waals surface area contributed by atoms with Gasteiger partial charge in [0.15, 0.2) is 0 Å². The number of benzene rings is 1. The number of esters is 1. The Bertz CT molecular complexity index is 617. The first-order chi connectivity index (χ1) is 12.1. The highest BCUT2D eigenvalue weighted by molar-refractivity contribution is 5.81. The minimum absolute atomic E-state index is 0.0172. The van der Waals surface area contributed by atoms with Gasteiger partial charge in [0.2, 0.25) is 0 Å². The molecule has 4 heteroatoms. The van der Waals surface area contributed by atoms with Gasteiger partial charge >= 0.3 is 5.97 Å². The van der Waals surface area contributed by atoms with Gasteiger partial charge < -0.3 is 4.74 Å². The Morgan fingerprint density at radius 3 is 1.96 bits per heavy atom. The van der Waals surface area contributed by atoms with Crippen LogP contribution in [-0.4, -0.2) is 22.1 Å². The third kappa shape index (κ3) is 4.74. The number of nitrogens with zero attached hydrogens (tertiary/aromatic N) is 1. The molecule has 0 bridgehead atoms. The fourth-order valence-electron chi connectivity index (χ4n) is 3.81. The van der Waals surface area contributed by atoms with Gasteiger partial charge in [-0.25, -0.2) is 4.79 Å². The molecule has 2 atom stereocenters. The molecule has 1 saturated heterocycles. The van der Waals surface area contributed by atoms with E-state index in [1.807, 2.05) is 31.2 Å². The van der Waals surface area contributed by atoms with Gasteiger partial charge in [0.05, 0.1) is 0 Å². The molecule has 26 heavy (non-hydrogen) atoms. The summed E-state index contributed by atoms with van der Waals surface area (Å²) in [5, 5.41) is 2.19. The average molecular weight is 360 g/mol. The van der Waals surface area contributed by atoms with E-state index in [1.165, 1.54) is 12.5 Å². The molecule has 1 fully saturated rings. The van der Waals surface area contributed by atoms with Crippen LogP contribution in [0.2, 0.25) is 0 Å². The molecule has 2 rings (SSSR count). The molecule has 0 saturated carbocycles. The third-order valence-corrected chi connectivity index (χ3v) is 5.28. The number of carbonyl (C=O) groups is 1. The molecule has 144 valence electrons. The molecular formula is C22H33NO3. The Morgan fingerprint density at radius 1 is 1.04 bits per heavy atom. The molecule has 1 aromatic carbocycles. The van der Waals surface area contributed by atoms with Crippen LogP contribution in [-0.2, 0) is 14.4 Å². The van der Waals surface area contributed by atoms with Gasteiger partial charge in [0.25, 0.3) is 0 Å². The van der Waals surface area contributed by atoms with Crippen LogP contribution in [0.15, 0.2) is 36.9 Å². The fourth-order valence-corrected chi connectivity index (χ4v) is 3.81. The van der Waals surface area contributed by atoms with Crippen molar-refractivity contribution in [2.24, 2.45) is 0 Å². The molecular weight excluding hydrogens is 326 g/mol. The summed E-state index contributed by atoms with van der Waals surface area (Å²) in [6.07, 6.45) is 4.33. The maximum atomic E-state index is 11.3. The van der Waals surface area contributed by atoms with Crippen LogP contribution in [0.1, 0.15) is 84.1 Å². The predicted octanol–water partition coefficient (Wildman–Crippen LogP) is 5.51. The monoisotopic (exact) mass is 359 g/mol. The summed E-state index contributed by atoms with van der Waals surface area (Å²) >= 11 is 0. The Morgan fingerprint density at radius 2 is 1.50 bits per heavy atom. The molecule has 0 spiro atoms. The van der Waals surface area contributed by atoms with Gasteiger partial charge in [0, 0.05) is 17.2 Å². The van der Waals surface area contributed by atoms with Gasteiger partial charge in [-0.1, -0.05) is 30.8 Å². The number of hydrogen-bond acceptors (Lipinski definition) is 4.